The van der Waals surface area contributed by atoms with E-state index in [-0.39, 0.29) is 12.0 Å². The second-order valence-electron chi connectivity index (χ2n) is 11.5. The van der Waals surface area contributed by atoms with Gasteiger partial charge in [0, 0.05) is 63.7 Å². The Morgan fingerprint density at radius 3 is 2.26 bits per heavy atom. The van der Waals surface area contributed by atoms with Crippen molar-refractivity contribution in [2.75, 3.05) is 60.0 Å². The van der Waals surface area contributed by atoms with Crippen LogP contribution in [0.5, 0.6) is 5.75 Å². The summed E-state index contributed by atoms with van der Waals surface area (Å²) in [6.07, 6.45) is 3.27. The number of hydrogen-bond donors (Lipinski definition) is 0. The van der Waals surface area contributed by atoms with Gasteiger partial charge in [-0.3, -0.25) is 9.78 Å². The first-order valence-corrected chi connectivity index (χ1v) is 13.8. The van der Waals surface area contributed by atoms with E-state index < -0.39 is 5.60 Å². The highest BCUT2D eigenvalue weighted by Crippen LogP contribution is 2.29. The van der Waals surface area contributed by atoms with Gasteiger partial charge in [-0.2, -0.15) is 0 Å². The van der Waals surface area contributed by atoms with Crippen LogP contribution in [-0.2, 0) is 16.1 Å². The van der Waals surface area contributed by atoms with Crippen molar-refractivity contribution in [3.05, 3.63) is 47.8 Å². The molecular weight excluding hydrogens is 496 g/mol. The van der Waals surface area contributed by atoms with Gasteiger partial charge in [-0.25, -0.2) is 4.79 Å². The zero-order valence-electron chi connectivity index (χ0n) is 23.9. The molecular formula is C30H42N4O5. The van der Waals surface area contributed by atoms with E-state index in [1.807, 2.05) is 43.9 Å². The molecule has 2 fully saturated rings. The number of piperidine rings is 1. The largest absolute Gasteiger partial charge is 0.493 e. The van der Waals surface area contributed by atoms with Gasteiger partial charge in [-0.1, -0.05) is 12.1 Å². The van der Waals surface area contributed by atoms with Gasteiger partial charge in [-0.15, -0.1) is 0 Å². The average Bonchev–Trinajstić information content (AvgIpc) is 2.92. The molecule has 2 saturated heterocycles. The van der Waals surface area contributed by atoms with E-state index in [1.54, 1.807) is 24.3 Å². The Morgan fingerprint density at radius 1 is 0.949 bits per heavy atom. The van der Waals surface area contributed by atoms with Crippen LogP contribution in [0.15, 0.2) is 36.5 Å². The van der Waals surface area contributed by atoms with Crippen LogP contribution in [0.2, 0.25) is 0 Å². The van der Waals surface area contributed by atoms with Crippen LogP contribution >= 0.6 is 0 Å². The molecule has 1 aromatic heterocycles. The van der Waals surface area contributed by atoms with E-state index in [0.29, 0.717) is 37.9 Å². The lowest BCUT2D eigenvalue weighted by Gasteiger charge is -2.33. The highest BCUT2D eigenvalue weighted by atomic mass is 16.6. The average molecular weight is 539 g/mol. The van der Waals surface area contributed by atoms with Gasteiger partial charge in [0.2, 0.25) is 0 Å². The number of benzene rings is 1. The van der Waals surface area contributed by atoms with E-state index in [0.717, 1.165) is 61.5 Å². The number of aromatic nitrogens is 1. The van der Waals surface area contributed by atoms with Gasteiger partial charge in [0.05, 0.1) is 13.2 Å². The second-order valence-corrected chi connectivity index (χ2v) is 11.5. The standard InChI is InChI=1S/C30H42N4O5/c1-30(2,3)39-29(36)34-12-10-22(11-13-34)20-38-27-9-7-23(18-25(27)21-37-5)24-6-8-26(31-19-24)28(35)33-16-14-32(4)15-17-33/h6-9,18-19,22H,10-17,20-21H2,1-5H3. The molecule has 0 unspecified atom stereocenters. The predicted molar refractivity (Wildman–Crippen MR) is 150 cm³/mol. The predicted octanol–water partition coefficient (Wildman–Crippen LogP) is 4.31. The van der Waals surface area contributed by atoms with Crippen LogP contribution in [0.25, 0.3) is 11.1 Å². The lowest BCUT2D eigenvalue weighted by atomic mass is 9.98. The topological polar surface area (TPSA) is 84.4 Å². The molecule has 0 aliphatic carbocycles. The number of carbonyl (C=O) groups is 2. The molecule has 9 heteroatoms. The number of pyridine rings is 1. The third-order valence-corrected chi connectivity index (χ3v) is 7.21. The van der Waals surface area contributed by atoms with E-state index in [2.05, 4.69) is 23.0 Å². The van der Waals surface area contributed by atoms with Crippen LogP contribution in [0.4, 0.5) is 4.79 Å². The van der Waals surface area contributed by atoms with Crippen molar-refractivity contribution in [2.24, 2.45) is 5.92 Å². The van der Waals surface area contributed by atoms with E-state index in [9.17, 15) is 9.59 Å². The molecule has 212 valence electrons. The molecule has 2 aliphatic heterocycles. The molecule has 39 heavy (non-hydrogen) atoms. The molecule has 0 N–H and O–H groups in total. The number of ether oxygens (including phenoxy) is 3. The molecule has 0 atom stereocenters. The summed E-state index contributed by atoms with van der Waals surface area (Å²) in [5.74, 6) is 1.15. The molecule has 2 aromatic rings. The first-order chi connectivity index (χ1) is 18.6. The Labute approximate surface area is 232 Å². The summed E-state index contributed by atoms with van der Waals surface area (Å²) in [6.45, 7) is 11.2. The molecule has 2 amide bonds. The molecule has 0 saturated carbocycles. The van der Waals surface area contributed by atoms with Gasteiger partial charge < -0.3 is 28.9 Å². The van der Waals surface area contributed by atoms with Gasteiger partial charge in [-0.05, 0) is 70.3 Å². The van der Waals surface area contributed by atoms with Crippen LogP contribution in [0, 0.1) is 5.92 Å². The van der Waals surface area contributed by atoms with E-state index >= 15 is 0 Å². The Kier molecular flexibility index (Phi) is 9.45. The zero-order chi connectivity index (χ0) is 28.0. The fourth-order valence-electron chi connectivity index (χ4n) is 4.85. The maximum atomic E-state index is 12.8. The van der Waals surface area contributed by atoms with Crippen molar-refractivity contribution in [3.8, 4) is 16.9 Å². The quantitative estimate of drug-likeness (QED) is 0.519. The maximum Gasteiger partial charge on any atom is 0.410 e. The first-order valence-electron chi connectivity index (χ1n) is 13.8. The van der Waals surface area contributed by atoms with Crippen molar-refractivity contribution < 1.29 is 23.8 Å². The first kappa shape index (κ1) is 28.8. The summed E-state index contributed by atoms with van der Waals surface area (Å²) >= 11 is 0. The molecule has 1 aromatic carbocycles. The molecule has 0 spiro atoms. The number of piperazine rings is 1. The Morgan fingerprint density at radius 2 is 1.64 bits per heavy atom. The van der Waals surface area contributed by atoms with Crippen LogP contribution < -0.4 is 4.74 Å². The number of methoxy groups -OCH3 is 1. The van der Waals surface area contributed by atoms with E-state index in [1.165, 1.54) is 0 Å². The molecule has 4 rings (SSSR count). The van der Waals surface area contributed by atoms with Gasteiger partial charge in [0.25, 0.3) is 5.91 Å². The minimum atomic E-state index is -0.485. The number of hydrogen-bond acceptors (Lipinski definition) is 7. The van der Waals surface area contributed by atoms with Crippen molar-refractivity contribution in [3.63, 3.8) is 0 Å². The lowest BCUT2D eigenvalue weighted by molar-refractivity contribution is 0.0164. The molecule has 0 bridgehead atoms. The van der Waals surface area contributed by atoms with Gasteiger partial charge in [0.1, 0.15) is 17.0 Å². The van der Waals surface area contributed by atoms with Crippen LogP contribution in [-0.4, -0.2) is 97.3 Å². The highest BCUT2D eigenvalue weighted by Gasteiger charge is 2.27. The summed E-state index contributed by atoms with van der Waals surface area (Å²) in [6, 6.07) is 9.80. The summed E-state index contributed by atoms with van der Waals surface area (Å²) in [5.41, 5.74) is 2.87. The Hall–Kier alpha value is -3.17. The number of likely N-dealkylation sites (N-methyl/N-ethyl adjacent to an activating group) is 1. The maximum absolute atomic E-state index is 12.8. The normalized spacial score (nSPS) is 17.3. The van der Waals surface area contributed by atoms with Crippen molar-refractivity contribution in [1.82, 2.24) is 19.7 Å². The SMILES string of the molecule is COCc1cc(-c2ccc(C(=O)N3CCN(C)CC3)nc2)ccc1OCC1CCN(C(=O)OC(C)(C)C)CC1. The number of likely N-dealkylation sites (tertiary alicyclic amines) is 1. The third kappa shape index (κ3) is 7.92. The highest BCUT2D eigenvalue weighted by molar-refractivity contribution is 5.92. The monoisotopic (exact) mass is 538 g/mol. The zero-order valence-corrected chi connectivity index (χ0v) is 23.9. The second kappa shape index (κ2) is 12.8. The van der Waals surface area contributed by atoms with E-state index in [4.69, 9.17) is 14.2 Å². The number of rotatable bonds is 7. The number of nitrogens with zero attached hydrogens (tertiary/aromatic N) is 4. The molecule has 9 nitrogen and oxygen atoms in total. The minimum Gasteiger partial charge on any atom is -0.493 e. The summed E-state index contributed by atoms with van der Waals surface area (Å²) in [4.78, 5) is 35.5. The summed E-state index contributed by atoms with van der Waals surface area (Å²) < 4.78 is 17.2. The Balaban J connectivity index is 1.34. The fourth-order valence-corrected chi connectivity index (χ4v) is 4.85. The van der Waals surface area contributed by atoms with Crippen molar-refractivity contribution in [2.45, 2.75) is 45.8 Å². The van der Waals surface area contributed by atoms with Gasteiger partial charge >= 0.3 is 6.09 Å². The number of carbonyl (C=O) groups excluding carboxylic acids is 2. The lowest BCUT2D eigenvalue weighted by Crippen LogP contribution is -2.47. The van der Waals surface area contributed by atoms with Crippen LogP contribution in [0.3, 0.4) is 0 Å². The van der Waals surface area contributed by atoms with Crippen LogP contribution in [0.1, 0.15) is 49.7 Å². The number of amides is 2. The minimum absolute atomic E-state index is 0.0182. The fraction of sp³-hybridized carbons (Fsp3) is 0.567. The molecule has 0 radical (unpaired) electrons. The third-order valence-electron chi connectivity index (χ3n) is 7.21. The molecule has 3 heterocycles. The Bertz CT molecular complexity index is 1120. The van der Waals surface area contributed by atoms with Crippen molar-refractivity contribution >= 4 is 12.0 Å². The molecule has 2 aliphatic rings. The summed E-state index contributed by atoms with van der Waals surface area (Å²) in [7, 11) is 3.74. The smallest absolute Gasteiger partial charge is 0.410 e. The summed E-state index contributed by atoms with van der Waals surface area (Å²) in [5, 5.41) is 0. The van der Waals surface area contributed by atoms with Gasteiger partial charge in [0.15, 0.2) is 0 Å². The van der Waals surface area contributed by atoms with Crippen molar-refractivity contribution in [1.29, 1.82) is 0 Å².